The fourth-order valence-electron chi connectivity index (χ4n) is 4.92. The Labute approximate surface area is 241 Å². The predicted octanol–water partition coefficient (Wildman–Crippen LogP) is 0.808. The first kappa shape index (κ1) is 34.6. The number of carbonyl (C=O) groups is 3. The SMILES string of the molecule is CC(=O)OCC1(O)C(O)C(/C=C/C(C)=C/C[C@@H]2O[C@H](C)[C@H](NC(=O)/C=C\[C@H](C)OC(C)=O)C[C@@H]2C)OC(C)(O)C1O. The van der Waals surface area contributed by atoms with Crippen LogP contribution in [0.3, 0.4) is 0 Å². The number of amides is 1. The maximum absolute atomic E-state index is 12.3. The van der Waals surface area contributed by atoms with Crippen LogP contribution < -0.4 is 5.32 Å². The molecule has 0 aromatic rings. The summed E-state index contributed by atoms with van der Waals surface area (Å²) in [5.74, 6) is -3.53. The first-order valence-electron chi connectivity index (χ1n) is 13.7. The number of hydrogen-bond donors (Lipinski definition) is 5. The molecule has 2 fully saturated rings. The molecule has 12 heteroatoms. The Morgan fingerprint density at radius 2 is 1.76 bits per heavy atom. The van der Waals surface area contributed by atoms with Crippen molar-refractivity contribution < 1.29 is 53.8 Å². The monoisotopic (exact) mass is 583 g/mol. The number of nitrogens with one attached hydrogen (secondary N) is 1. The fourth-order valence-corrected chi connectivity index (χ4v) is 4.92. The van der Waals surface area contributed by atoms with Gasteiger partial charge in [0.15, 0.2) is 11.4 Å². The van der Waals surface area contributed by atoms with Crippen molar-refractivity contribution in [2.75, 3.05) is 6.61 Å². The van der Waals surface area contributed by atoms with Crippen LogP contribution in [0.15, 0.2) is 36.0 Å². The van der Waals surface area contributed by atoms with Gasteiger partial charge in [-0.2, -0.15) is 0 Å². The maximum Gasteiger partial charge on any atom is 0.303 e. The zero-order valence-electron chi connectivity index (χ0n) is 24.8. The zero-order valence-corrected chi connectivity index (χ0v) is 24.8. The van der Waals surface area contributed by atoms with E-state index in [9.17, 15) is 34.8 Å². The van der Waals surface area contributed by atoms with Crippen molar-refractivity contribution in [3.8, 4) is 0 Å². The van der Waals surface area contributed by atoms with Crippen LogP contribution in [0.1, 0.15) is 61.3 Å². The van der Waals surface area contributed by atoms with Gasteiger partial charge < -0.3 is 44.7 Å². The molecule has 2 aliphatic heterocycles. The van der Waals surface area contributed by atoms with Gasteiger partial charge in [0.2, 0.25) is 5.91 Å². The van der Waals surface area contributed by atoms with Gasteiger partial charge in [0, 0.05) is 19.9 Å². The predicted molar refractivity (Wildman–Crippen MR) is 147 cm³/mol. The van der Waals surface area contributed by atoms with Gasteiger partial charge in [0.25, 0.3) is 0 Å². The van der Waals surface area contributed by atoms with Crippen molar-refractivity contribution in [1.82, 2.24) is 5.32 Å². The number of allylic oxidation sites excluding steroid dienone is 2. The highest BCUT2D eigenvalue weighted by atomic mass is 16.7. The standard InChI is InChI=1S/C29H45NO11/c1-16(9-12-24-26(34)29(37,15-38-20(5)31)27(35)28(7,36)41-24)8-11-23-17(2)14-22(19(4)40-23)30-25(33)13-10-18(3)39-21(6)32/h8-10,12-13,17-19,22-24,26-27,34-37H,11,14-15H2,1-7H3,(H,30,33)/b12-9+,13-10-,16-8+/t17-,18-,19+,22+,23-,24?,26?,27?,28?,29?/m0/s1. The summed E-state index contributed by atoms with van der Waals surface area (Å²) in [5.41, 5.74) is -1.56. The summed E-state index contributed by atoms with van der Waals surface area (Å²) in [7, 11) is 0. The lowest BCUT2D eigenvalue weighted by molar-refractivity contribution is -0.362. The lowest BCUT2D eigenvalue weighted by atomic mass is 9.80. The lowest BCUT2D eigenvalue weighted by Gasteiger charge is -2.50. The Morgan fingerprint density at radius 1 is 1.10 bits per heavy atom. The number of rotatable bonds is 10. The molecule has 2 heterocycles. The molecule has 5 N–H and O–H groups in total. The Kier molecular flexibility index (Phi) is 12.3. The topological polar surface area (TPSA) is 181 Å². The molecule has 232 valence electrons. The average molecular weight is 584 g/mol. The molecular weight excluding hydrogens is 538 g/mol. The molecule has 0 aliphatic carbocycles. The van der Waals surface area contributed by atoms with E-state index in [1.54, 1.807) is 13.0 Å². The highest BCUT2D eigenvalue weighted by Crippen LogP contribution is 2.36. The molecule has 0 spiro atoms. The third-order valence-electron chi connectivity index (χ3n) is 7.32. The second-order valence-electron chi connectivity index (χ2n) is 11.2. The Balaban J connectivity index is 1.97. The first-order chi connectivity index (χ1) is 19.0. The molecule has 1 amide bonds. The minimum Gasteiger partial charge on any atom is -0.463 e. The van der Waals surface area contributed by atoms with Crippen molar-refractivity contribution in [3.05, 3.63) is 36.0 Å². The highest BCUT2D eigenvalue weighted by Gasteiger charge is 2.59. The Morgan fingerprint density at radius 3 is 2.37 bits per heavy atom. The molecule has 0 bridgehead atoms. The molecule has 5 unspecified atom stereocenters. The van der Waals surface area contributed by atoms with Crippen LogP contribution in [0, 0.1) is 5.92 Å². The molecule has 2 rings (SSSR count). The highest BCUT2D eigenvalue weighted by molar-refractivity contribution is 5.87. The third-order valence-corrected chi connectivity index (χ3v) is 7.32. The van der Waals surface area contributed by atoms with Gasteiger partial charge in [-0.1, -0.05) is 30.7 Å². The number of hydrogen-bond acceptors (Lipinski definition) is 11. The molecule has 0 aromatic carbocycles. The van der Waals surface area contributed by atoms with Crippen LogP contribution >= 0.6 is 0 Å². The van der Waals surface area contributed by atoms with Gasteiger partial charge in [-0.25, -0.2) is 0 Å². The van der Waals surface area contributed by atoms with Crippen LogP contribution in [0.5, 0.6) is 0 Å². The lowest BCUT2D eigenvalue weighted by Crippen LogP contribution is -2.72. The van der Waals surface area contributed by atoms with E-state index >= 15 is 0 Å². The number of carbonyl (C=O) groups excluding carboxylic acids is 3. The van der Waals surface area contributed by atoms with Gasteiger partial charge in [-0.05, 0) is 52.5 Å². The second kappa shape index (κ2) is 14.5. The van der Waals surface area contributed by atoms with Crippen molar-refractivity contribution in [1.29, 1.82) is 0 Å². The molecular formula is C29H45NO11. The number of ether oxygens (including phenoxy) is 4. The van der Waals surface area contributed by atoms with E-state index in [1.165, 1.54) is 25.2 Å². The van der Waals surface area contributed by atoms with E-state index < -0.39 is 54.3 Å². The summed E-state index contributed by atoms with van der Waals surface area (Å²) < 4.78 is 21.4. The van der Waals surface area contributed by atoms with Crippen molar-refractivity contribution in [2.45, 2.75) is 115 Å². The summed E-state index contributed by atoms with van der Waals surface area (Å²) in [6.07, 6.45) is 3.47. The molecule has 0 radical (unpaired) electrons. The Hall–Kier alpha value is -2.61. The summed E-state index contributed by atoms with van der Waals surface area (Å²) in [6.45, 7) is 10.3. The summed E-state index contributed by atoms with van der Waals surface area (Å²) >= 11 is 0. The van der Waals surface area contributed by atoms with Gasteiger partial charge >= 0.3 is 11.9 Å². The van der Waals surface area contributed by atoms with Gasteiger partial charge in [-0.3, -0.25) is 14.4 Å². The summed E-state index contributed by atoms with van der Waals surface area (Å²) in [6, 6.07) is -0.189. The minimum atomic E-state index is -2.36. The minimum absolute atomic E-state index is 0.109. The van der Waals surface area contributed by atoms with Crippen molar-refractivity contribution >= 4 is 17.8 Å². The molecule has 41 heavy (non-hydrogen) atoms. The molecule has 0 aromatic heterocycles. The van der Waals surface area contributed by atoms with Crippen LogP contribution in [0.25, 0.3) is 0 Å². The van der Waals surface area contributed by atoms with Crippen LogP contribution in [0.2, 0.25) is 0 Å². The molecule has 2 saturated heterocycles. The number of esters is 2. The van der Waals surface area contributed by atoms with E-state index in [0.717, 1.165) is 19.4 Å². The van der Waals surface area contributed by atoms with E-state index in [2.05, 4.69) is 5.32 Å². The molecule has 0 saturated carbocycles. The van der Waals surface area contributed by atoms with Crippen molar-refractivity contribution in [3.63, 3.8) is 0 Å². The van der Waals surface area contributed by atoms with Crippen LogP contribution in [-0.2, 0) is 33.3 Å². The van der Waals surface area contributed by atoms with E-state index in [-0.39, 0.29) is 30.1 Å². The van der Waals surface area contributed by atoms with Crippen LogP contribution in [0.4, 0.5) is 0 Å². The van der Waals surface area contributed by atoms with Gasteiger partial charge in [0.1, 0.15) is 31.0 Å². The largest absolute Gasteiger partial charge is 0.463 e. The summed E-state index contributed by atoms with van der Waals surface area (Å²) in [5, 5.41) is 45.4. The number of aliphatic hydroxyl groups is 4. The van der Waals surface area contributed by atoms with E-state index in [4.69, 9.17) is 18.9 Å². The van der Waals surface area contributed by atoms with E-state index in [0.29, 0.717) is 12.8 Å². The zero-order chi connectivity index (χ0) is 31.1. The van der Waals surface area contributed by atoms with Crippen molar-refractivity contribution in [2.24, 2.45) is 5.92 Å². The van der Waals surface area contributed by atoms with Gasteiger partial charge in [0.05, 0.1) is 18.2 Å². The number of aliphatic hydroxyl groups excluding tert-OH is 2. The molecule has 12 nitrogen and oxygen atoms in total. The quantitative estimate of drug-likeness (QED) is 0.139. The molecule has 10 atom stereocenters. The van der Waals surface area contributed by atoms with Gasteiger partial charge in [-0.15, -0.1) is 0 Å². The smallest absolute Gasteiger partial charge is 0.303 e. The fraction of sp³-hybridized carbons (Fsp3) is 0.690. The van der Waals surface area contributed by atoms with E-state index in [1.807, 2.05) is 26.8 Å². The van der Waals surface area contributed by atoms with Crippen LogP contribution in [-0.4, -0.2) is 98.9 Å². The molecule has 2 aliphatic rings. The third kappa shape index (κ3) is 9.73. The first-order valence-corrected chi connectivity index (χ1v) is 13.7. The average Bonchev–Trinajstić information content (AvgIpc) is 2.87. The normalized spacial score (nSPS) is 37.1. The second-order valence-corrected chi connectivity index (χ2v) is 11.2. The maximum atomic E-state index is 12.3. The summed E-state index contributed by atoms with van der Waals surface area (Å²) in [4.78, 5) is 34.6. The Bertz CT molecular complexity index is 1020.